The standard InChI is InChI=1S/C13H23N3S/c1-9-6-4-5-7-12(9)16(3)13-15-11(8-17-13)10(2)14/h8-10,12H,4-7,14H2,1-3H3. The Hall–Kier alpha value is -0.610. The Balaban J connectivity index is 2.09. The van der Waals surface area contributed by atoms with E-state index in [0.29, 0.717) is 6.04 Å². The zero-order chi connectivity index (χ0) is 12.4. The summed E-state index contributed by atoms with van der Waals surface area (Å²) in [6, 6.07) is 0.688. The lowest BCUT2D eigenvalue weighted by Gasteiger charge is -2.36. The topological polar surface area (TPSA) is 42.1 Å². The number of hydrogen-bond acceptors (Lipinski definition) is 4. The van der Waals surface area contributed by atoms with Crippen LogP contribution in [0.2, 0.25) is 0 Å². The van der Waals surface area contributed by atoms with E-state index in [1.165, 1.54) is 25.7 Å². The quantitative estimate of drug-likeness (QED) is 0.899. The van der Waals surface area contributed by atoms with E-state index in [4.69, 9.17) is 5.73 Å². The first-order valence-corrected chi connectivity index (χ1v) is 7.41. The second-order valence-corrected chi connectivity index (χ2v) is 6.12. The van der Waals surface area contributed by atoms with E-state index in [1.54, 1.807) is 11.3 Å². The van der Waals surface area contributed by atoms with Gasteiger partial charge in [0.25, 0.3) is 0 Å². The van der Waals surface area contributed by atoms with Crippen LogP contribution in [0.5, 0.6) is 0 Å². The van der Waals surface area contributed by atoms with E-state index in [1.807, 2.05) is 6.92 Å². The first kappa shape index (κ1) is 12.8. The van der Waals surface area contributed by atoms with E-state index in [9.17, 15) is 0 Å². The second-order valence-electron chi connectivity index (χ2n) is 5.28. The van der Waals surface area contributed by atoms with Crippen LogP contribution in [0.4, 0.5) is 5.13 Å². The molecule has 3 unspecified atom stereocenters. The monoisotopic (exact) mass is 253 g/mol. The molecule has 0 bridgehead atoms. The molecular weight excluding hydrogens is 230 g/mol. The number of anilines is 1. The molecule has 1 fully saturated rings. The average Bonchev–Trinajstić information content (AvgIpc) is 2.78. The highest BCUT2D eigenvalue weighted by Crippen LogP contribution is 2.32. The summed E-state index contributed by atoms with van der Waals surface area (Å²) in [5.41, 5.74) is 6.87. The summed E-state index contributed by atoms with van der Waals surface area (Å²) < 4.78 is 0. The Bertz CT molecular complexity index is 361. The van der Waals surface area contributed by atoms with Gasteiger partial charge in [-0.2, -0.15) is 0 Å². The Morgan fingerprint density at radius 2 is 2.18 bits per heavy atom. The van der Waals surface area contributed by atoms with Crippen molar-refractivity contribution in [2.75, 3.05) is 11.9 Å². The van der Waals surface area contributed by atoms with Crippen LogP contribution in [0.25, 0.3) is 0 Å². The molecule has 3 atom stereocenters. The van der Waals surface area contributed by atoms with Crippen molar-refractivity contribution in [2.24, 2.45) is 11.7 Å². The van der Waals surface area contributed by atoms with Crippen LogP contribution in [0.1, 0.15) is 51.3 Å². The van der Waals surface area contributed by atoms with Crippen molar-refractivity contribution in [1.82, 2.24) is 4.98 Å². The van der Waals surface area contributed by atoms with Crippen molar-refractivity contribution in [3.8, 4) is 0 Å². The number of aromatic nitrogens is 1. The smallest absolute Gasteiger partial charge is 0.185 e. The van der Waals surface area contributed by atoms with Gasteiger partial charge in [-0.15, -0.1) is 11.3 Å². The SMILES string of the molecule is CC(N)c1csc(N(C)C2CCCCC2C)n1. The van der Waals surface area contributed by atoms with Gasteiger partial charge in [0.15, 0.2) is 5.13 Å². The maximum Gasteiger partial charge on any atom is 0.185 e. The molecule has 2 N–H and O–H groups in total. The van der Waals surface area contributed by atoms with E-state index in [0.717, 1.165) is 16.7 Å². The van der Waals surface area contributed by atoms with Crippen molar-refractivity contribution in [2.45, 2.75) is 51.6 Å². The number of nitrogens with zero attached hydrogens (tertiary/aromatic N) is 2. The van der Waals surface area contributed by atoms with Gasteiger partial charge in [-0.25, -0.2) is 4.98 Å². The molecule has 0 radical (unpaired) electrons. The fourth-order valence-electron chi connectivity index (χ4n) is 2.66. The molecule has 0 aliphatic heterocycles. The molecule has 1 aromatic heterocycles. The molecule has 1 aliphatic rings. The van der Waals surface area contributed by atoms with Crippen molar-refractivity contribution in [3.63, 3.8) is 0 Å². The molecule has 2 rings (SSSR count). The van der Waals surface area contributed by atoms with E-state index < -0.39 is 0 Å². The normalized spacial score (nSPS) is 26.8. The van der Waals surface area contributed by atoms with Crippen LogP contribution in [0, 0.1) is 5.92 Å². The molecule has 3 nitrogen and oxygen atoms in total. The number of nitrogens with two attached hydrogens (primary N) is 1. The third kappa shape index (κ3) is 2.80. The van der Waals surface area contributed by atoms with Crippen LogP contribution >= 0.6 is 11.3 Å². The minimum absolute atomic E-state index is 0.0391. The minimum Gasteiger partial charge on any atom is -0.348 e. The van der Waals surface area contributed by atoms with Gasteiger partial charge in [0, 0.05) is 24.5 Å². The number of thiazole rings is 1. The first-order chi connectivity index (χ1) is 8.09. The second kappa shape index (κ2) is 5.36. The molecule has 1 saturated carbocycles. The summed E-state index contributed by atoms with van der Waals surface area (Å²) >= 11 is 1.72. The van der Waals surface area contributed by atoms with E-state index in [2.05, 4.69) is 29.2 Å². The Morgan fingerprint density at radius 3 is 2.76 bits per heavy atom. The molecule has 0 saturated heterocycles. The Kier molecular flexibility index (Phi) is 4.05. The van der Waals surface area contributed by atoms with Gasteiger partial charge < -0.3 is 10.6 Å². The van der Waals surface area contributed by atoms with Gasteiger partial charge in [-0.05, 0) is 25.7 Å². The summed E-state index contributed by atoms with van der Waals surface area (Å²) in [4.78, 5) is 7.00. The average molecular weight is 253 g/mol. The zero-order valence-corrected chi connectivity index (χ0v) is 11.8. The first-order valence-electron chi connectivity index (χ1n) is 6.53. The van der Waals surface area contributed by atoms with Crippen molar-refractivity contribution in [3.05, 3.63) is 11.1 Å². The molecule has 0 amide bonds. The molecule has 1 aliphatic carbocycles. The van der Waals surface area contributed by atoms with Gasteiger partial charge in [0.2, 0.25) is 0 Å². The lowest BCUT2D eigenvalue weighted by molar-refractivity contribution is 0.321. The minimum atomic E-state index is 0.0391. The molecule has 1 heterocycles. The highest BCUT2D eigenvalue weighted by Gasteiger charge is 2.26. The largest absolute Gasteiger partial charge is 0.348 e. The third-order valence-electron chi connectivity index (χ3n) is 3.84. The summed E-state index contributed by atoms with van der Waals surface area (Å²) in [6.45, 7) is 4.35. The van der Waals surface area contributed by atoms with Crippen molar-refractivity contribution >= 4 is 16.5 Å². The summed E-state index contributed by atoms with van der Waals surface area (Å²) in [5.74, 6) is 0.774. The predicted molar refractivity (Wildman–Crippen MR) is 74.5 cm³/mol. The Labute approximate surface area is 108 Å². The van der Waals surface area contributed by atoms with E-state index >= 15 is 0 Å². The van der Waals surface area contributed by atoms with Gasteiger partial charge in [-0.3, -0.25) is 0 Å². The maximum absolute atomic E-state index is 5.86. The molecule has 1 aromatic rings. The molecule has 4 heteroatoms. The molecule has 96 valence electrons. The van der Waals surface area contributed by atoms with Gasteiger partial charge in [0.1, 0.15) is 0 Å². The highest BCUT2D eigenvalue weighted by molar-refractivity contribution is 7.13. The van der Waals surface area contributed by atoms with Crippen LogP contribution in [0.15, 0.2) is 5.38 Å². The highest BCUT2D eigenvalue weighted by atomic mass is 32.1. The van der Waals surface area contributed by atoms with Crippen LogP contribution in [-0.4, -0.2) is 18.1 Å². The lowest BCUT2D eigenvalue weighted by atomic mass is 9.85. The Morgan fingerprint density at radius 1 is 1.47 bits per heavy atom. The number of hydrogen-bond donors (Lipinski definition) is 1. The van der Waals surface area contributed by atoms with Gasteiger partial charge in [-0.1, -0.05) is 19.8 Å². The molecule has 0 aromatic carbocycles. The van der Waals surface area contributed by atoms with Crippen molar-refractivity contribution < 1.29 is 0 Å². The third-order valence-corrected chi connectivity index (χ3v) is 4.79. The zero-order valence-electron chi connectivity index (χ0n) is 11.0. The van der Waals surface area contributed by atoms with E-state index in [-0.39, 0.29) is 6.04 Å². The summed E-state index contributed by atoms with van der Waals surface area (Å²) in [6.07, 6.45) is 5.38. The van der Waals surface area contributed by atoms with Gasteiger partial charge in [0.05, 0.1) is 5.69 Å². The maximum atomic E-state index is 5.86. The fraction of sp³-hybridized carbons (Fsp3) is 0.769. The fourth-order valence-corrected chi connectivity index (χ4v) is 3.61. The van der Waals surface area contributed by atoms with Crippen LogP contribution in [0.3, 0.4) is 0 Å². The predicted octanol–water partition coefficient (Wildman–Crippen LogP) is 3.18. The summed E-state index contributed by atoms with van der Waals surface area (Å²) in [5, 5.41) is 3.21. The number of rotatable bonds is 3. The molecule has 0 spiro atoms. The summed E-state index contributed by atoms with van der Waals surface area (Å²) in [7, 11) is 2.18. The molecular formula is C13H23N3S. The lowest BCUT2D eigenvalue weighted by Crippen LogP contribution is -2.39. The van der Waals surface area contributed by atoms with Gasteiger partial charge >= 0.3 is 0 Å². The van der Waals surface area contributed by atoms with Crippen LogP contribution in [-0.2, 0) is 0 Å². The van der Waals surface area contributed by atoms with Crippen molar-refractivity contribution in [1.29, 1.82) is 0 Å². The molecule has 17 heavy (non-hydrogen) atoms. The van der Waals surface area contributed by atoms with Crippen LogP contribution < -0.4 is 10.6 Å².